The number of carbonyl (C=O) groups is 2. The van der Waals surface area contributed by atoms with Crippen LogP contribution in [-0.2, 0) is 10.0 Å². The molecule has 0 aromatic heterocycles. The highest BCUT2D eigenvalue weighted by Gasteiger charge is 2.35. The third kappa shape index (κ3) is 3.33. The summed E-state index contributed by atoms with van der Waals surface area (Å²) in [5, 5.41) is 3.73. The number of sulfonamides is 1. The number of fused-ring (bicyclic) bond motifs is 1. The number of nitrogens with one attached hydrogen (secondary N) is 1. The Morgan fingerprint density at radius 1 is 1.04 bits per heavy atom. The van der Waals surface area contributed by atoms with Crippen LogP contribution in [0.15, 0.2) is 58.5 Å². The van der Waals surface area contributed by atoms with E-state index >= 15 is 0 Å². The minimum atomic E-state index is -3.98. The number of carbonyl (C=O) groups excluding carboxylic acids is 2. The van der Waals surface area contributed by atoms with E-state index in [0.29, 0.717) is 11.1 Å². The number of imide groups is 1. The van der Waals surface area contributed by atoms with Crippen molar-refractivity contribution in [3.05, 3.63) is 65.5 Å². The summed E-state index contributed by atoms with van der Waals surface area (Å²) in [6, 6.07) is 10.7. The van der Waals surface area contributed by atoms with Gasteiger partial charge in [0, 0.05) is 0 Å². The van der Waals surface area contributed by atoms with Crippen molar-refractivity contribution in [1.82, 2.24) is 9.73 Å². The molecular formula is C17H14FN3O4S. The molecule has 0 bridgehead atoms. The number of hydrazone groups is 1. The first-order valence-corrected chi connectivity index (χ1v) is 9.03. The van der Waals surface area contributed by atoms with Crippen molar-refractivity contribution < 1.29 is 22.4 Å². The Morgan fingerprint density at radius 2 is 1.58 bits per heavy atom. The van der Waals surface area contributed by atoms with Gasteiger partial charge in [0.15, 0.2) is 0 Å². The molecule has 9 heteroatoms. The Labute approximate surface area is 149 Å². The van der Waals surface area contributed by atoms with Crippen LogP contribution in [0.4, 0.5) is 4.39 Å². The normalized spacial score (nSPS) is 14.5. The number of nitrogens with zero attached hydrogens (tertiary/aromatic N) is 2. The Morgan fingerprint density at radius 3 is 2.12 bits per heavy atom. The number of amides is 2. The van der Waals surface area contributed by atoms with Crippen molar-refractivity contribution in [2.45, 2.75) is 11.8 Å². The van der Waals surface area contributed by atoms with Crippen molar-refractivity contribution in [1.29, 1.82) is 0 Å². The fourth-order valence-corrected chi connectivity index (χ4v) is 3.33. The van der Waals surface area contributed by atoms with Gasteiger partial charge < -0.3 is 0 Å². The van der Waals surface area contributed by atoms with Gasteiger partial charge in [-0.25, -0.2) is 9.22 Å². The molecule has 26 heavy (non-hydrogen) atoms. The predicted molar refractivity (Wildman–Crippen MR) is 91.6 cm³/mol. The standard InChI is InChI=1S/C17H14FN3O4S/c1-11(19-20-26(24,25)13-8-6-12(18)7-9-13)10-21-16(22)14-4-2-3-5-15(14)17(21)23/h2-9,20H,10H2,1H3/b19-11-. The maximum Gasteiger partial charge on any atom is 0.276 e. The van der Waals surface area contributed by atoms with Crippen LogP contribution in [-0.4, -0.2) is 37.4 Å². The monoisotopic (exact) mass is 375 g/mol. The van der Waals surface area contributed by atoms with Gasteiger partial charge in [-0.1, -0.05) is 12.1 Å². The number of hydrogen-bond donors (Lipinski definition) is 1. The molecule has 3 rings (SSSR count). The summed E-state index contributed by atoms with van der Waals surface area (Å²) in [5.74, 6) is -1.47. The van der Waals surface area contributed by atoms with Crippen molar-refractivity contribution >= 4 is 27.5 Å². The van der Waals surface area contributed by atoms with Crippen LogP contribution in [0.5, 0.6) is 0 Å². The molecule has 0 unspecified atom stereocenters. The van der Waals surface area contributed by atoms with Crippen LogP contribution < -0.4 is 4.83 Å². The van der Waals surface area contributed by atoms with Crippen LogP contribution in [0.2, 0.25) is 0 Å². The number of benzene rings is 2. The van der Waals surface area contributed by atoms with Crippen LogP contribution in [0.25, 0.3) is 0 Å². The van der Waals surface area contributed by atoms with E-state index in [2.05, 4.69) is 5.10 Å². The van der Waals surface area contributed by atoms with E-state index in [9.17, 15) is 22.4 Å². The second kappa shape index (κ2) is 6.68. The fraction of sp³-hybridized carbons (Fsp3) is 0.118. The maximum absolute atomic E-state index is 12.9. The highest BCUT2D eigenvalue weighted by molar-refractivity contribution is 7.89. The number of rotatable bonds is 5. The smallest absolute Gasteiger partial charge is 0.269 e. The molecule has 0 fully saturated rings. The van der Waals surface area contributed by atoms with Gasteiger partial charge in [0.25, 0.3) is 21.8 Å². The van der Waals surface area contributed by atoms with Crippen LogP contribution in [0.1, 0.15) is 27.6 Å². The predicted octanol–water partition coefficient (Wildman–Crippen LogP) is 1.78. The van der Waals surface area contributed by atoms with E-state index in [0.717, 1.165) is 29.2 Å². The molecule has 2 aromatic carbocycles. The zero-order valence-corrected chi connectivity index (χ0v) is 14.5. The lowest BCUT2D eigenvalue weighted by atomic mass is 10.1. The SMILES string of the molecule is C/C(CN1C(=O)c2ccccc2C1=O)=N/NS(=O)(=O)c1ccc(F)cc1. The van der Waals surface area contributed by atoms with Crippen molar-refractivity contribution in [2.24, 2.45) is 5.10 Å². The van der Waals surface area contributed by atoms with Gasteiger partial charge in [0.1, 0.15) is 5.82 Å². The molecule has 0 saturated heterocycles. The van der Waals surface area contributed by atoms with E-state index in [1.807, 2.05) is 4.83 Å². The first kappa shape index (κ1) is 17.7. The molecule has 1 aliphatic heterocycles. The second-order valence-electron chi connectivity index (χ2n) is 5.64. The Bertz CT molecular complexity index is 982. The highest BCUT2D eigenvalue weighted by Crippen LogP contribution is 2.22. The van der Waals surface area contributed by atoms with Gasteiger partial charge in [-0.3, -0.25) is 14.5 Å². The average Bonchev–Trinajstić information content (AvgIpc) is 2.86. The minimum absolute atomic E-state index is 0.154. The fourth-order valence-electron chi connectivity index (χ4n) is 2.45. The lowest BCUT2D eigenvalue weighted by Crippen LogP contribution is -2.35. The largest absolute Gasteiger partial charge is 0.276 e. The Hall–Kier alpha value is -3.07. The van der Waals surface area contributed by atoms with E-state index in [1.165, 1.54) is 6.92 Å². The van der Waals surface area contributed by atoms with E-state index in [1.54, 1.807) is 24.3 Å². The van der Waals surface area contributed by atoms with Crippen LogP contribution >= 0.6 is 0 Å². The van der Waals surface area contributed by atoms with E-state index < -0.39 is 27.7 Å². The van der Waals surface area contributed by atoms with Gasteiger partial charge >= 0.3 is 0 Å². The third-order valence-corrected chi connectivity index (χ3v) is 4.97. The van der Waals surface area contributed by atoms with Gasteiger partial charge in [-0.15, -0.1) is 0 Å². The van der Waals surface area contributed by atoms with Gasteiger partial charge in [0.05, 0.1) is 28.3 Å². The number of hydrogen-bond acceptors (Lipinski definition) is 5. The molecule has 0 saturated carbocycles. The molecule has 2 amide bonds. The van der Waals surface area contributed by atoms with E-state index in [-0.39, 0.29) is 17.2 Å². The van der Waals surface area contributed by atoms with E-state index in [4.69, 9.17) is 0 Å². The molecule has 7 nitrogen and oxygen atoms in total. The highest BCUT2D eigenvalue weighted by atomic mass is 32.2. The second-order valence-corrected chi connectivity index (χ2v) is 7.30. The molecule has 0 radical (unpaired) electrons. The molecular weight excluding hydrogens is 361 g/mol. The van der Waals surface area contributed by atoms with Crippen LogP contribution in [0.3, 0.4) is 0 Å². The zero-order valence-electron chi connectivity index (χ0n) is 13.6. The molecule has 1 N–H and O–H groups in total. The zero-order chi connectivity index (χ0) is 18.9. The molecule has 1 aliphatic rings. The van der Waals surface area contributed by atoms with Crippen molar-refractivity contribution in [3.8, 4) is 0 Å². The van der Waals surface area contributed by atoms with Gasteiger partial charge in [-0.2, -0.15) is 13.5 Å². The topological polar surface area (TPSA) is 95.9 Å². The molecule has 134 valence electrons. The van der Waals surface area contributed by atoms with Crippen molar-refractivity contribution in [3.63, 3.8) is 0 Å². The maximum atomic E-state index is 12.9. The molecule has 0 aliphatic carbocycles. The first-order valence-electron chi connectivity index (χ1n) is 7.55. The summed E-state index contributed by atoms with van der Waals surface area (Å²) in [7, 11) is -3.98. The lowest BCUT2D eigenvalue weighted by molar-refractivity contribution is 0.0677. The molecule has 2 aromatic rings. The summed E-state index contributed by atoms with van der Waals surface area (Å²) in [4.78, 5) is 27.4. The van der Waals surface area contributed by atoms with Gasteiger partial charge in [0.2, 0.25) is 0 Å². The van der Waals surface area contributed by atoms with Crippen LogP contribution in [0, 0.1) is 5.82 Å². The van der Waals surface area contributed by atoms with Gasteiger partial charge in [-0.05, 0) is 43.3 Å². The van der Waals surface area contributed by atoms with Crippen molar-refractivity contribution in [2.75, 3.05) is 6.54 Å². The first-order chi connectivity index (χ1) is 12.3. The molecule has 1 heterocycles. The number of halogens is 1. The third-order valence-electron chi connectivity index (χ3n) is 3.75. The Kier molecular flexibility index (Phi) is 4.56. The summed E-state index contributed by atoms with van der Waals surface area (Å²) < 4.78 is 37.1. The molecule has 0 atom stereocenters. The molecule has 0 spiro atoms. The lowest BCUT2D eigenvalue weighted by Gasteiger charge is -2.13. The summed E-state index contributed by atoms with van der Waals surface area (Å²) >= 11 is 0. The summed E-state index contributed by atoms with van der Waals surface area (Å²) in [5.41, 5.74) is 0.819. The average molecular weight is 375 g/mol. The minimum Gasteiger partial charge on any atom is -0.269 e. The quantitative estimate of drug-likeness (QED) is 0.489. The summed E-state index contributed by atoms with van der Waals surface area (Å²) in [6.07, 6.45) is 0. The Balaban J connectivity index is 1.73. The summed E-state index contributed by atoms with van der Waals surface area (Å²) in [6.45, 7) is 1.33.